The number of anilines is 1. The van der Waals surface area contributed by atoms with Crippen LogP contribution in [0.4, 0.5) is 10.1 Å². The fraction of sp³-hybridized carbons (Fsp3) is 0.407. The van der Waals surface area contributed by atoms with Crippen molar-refractivity contribution in [3.8, 4) is 11.1 Å². The lowest BCUT2D eigenvalue weighted by Crippen LogP contribution is -2.40. The Morgan fingerprint density at radius 1 is 1.09 bits per heavy atom. The van der Waals surface area contributed by atoms with Gasteiger partial charge in [-0.1, -0.05) is 30.3 Å². The molecular weight excluding hydrogens is 415 g/mol. The minimum Gasteiger partial charge on any atom is -0.307 e. The number of aromatic nitrogens is 2. The Kier molecular flexibility index (Phi) is 5.06. The first-order chi connectivity index (χ1) is 16.1. The van der Waals surface area contributed by atoms with Crippen LogP contribution in [0.3, 0.4) is 0 Å². The van der Waals surface area contributed by atoms with E-state index >= 15 is 4.39 Å². The van der Waals surface area contributed by atoms with E-state index in [1.165, 1.54) is 12.8 Å². The zero-order chi connectivity index (χ0) is 22.5. The van der Waals surface area contributed by atoms with Crippen LogP contribution in [-0.2, 0) is 18.4 Å². The van der Waals surface area contributed by atoms with Crippen LogP contribution in [0.2, 0.25) is 0 Å². The van der Waals surface area contributed by atoms with Gasteiger partial charge >= 0.3 is 0 Å². The summed E-state index contributed by atoms with van der Waals surface area (Å²) in [6.07, 6.45) is 8.44. The molecule has 3 heterocycles. The number of aryl methyl sites for hydroxylation is 1. The molecule has 0 radical (unpaired) electrons. The van der Waals surface area contributed by atoms with Crippen molar-refractivity contribution in [2.75, 3.05) is 18.0 Å². The van der Waals surface area contributed by atoms with Crippen LogP contribution in [-0.4, -0.2) is 39.7 Å². The van der Waals surface area contributed by atoms with E-state index in [1.54, 1.807) is 27.9 Å². The first-order valence-corrected chi connectivity index (χ1v) is 12.0. The largest absolute Gasteiger partial charge is 0.307 e. The smallest absolute Gasteiger partial charge is 0.236 e. The van der Waals surface area contributed by atoms with Gasteiger partial charge in [-0.15, -0.1) is 0 Å². The summed E-state index contributed by atoms with van der Waals surface area (Å²) in [7, 11) is 1.84. The zero-order valence-electron chi connectivity index (χ0n) is 19.0. The summed E-state index contributed by atoms with van der Waals surface area (Å²) in [5.41, 5.74) is 4.23. The number of benzene rings is 2. The summed E-state index contributed by atoms with van der Waals surface area (Å²) in [5, 5.41) is 4.17. The number of hydrogen-bond acceptors (Lipinski definition) is 3. The second-order valence-corrected chi connectivity index (χ2v) is 9.82. The quantitative estimate of drug-likeness (QED) is 0.552. The Morgan fingerprint density at radius 3 is 2.70 bits per heavy atom. The lowest BCUT2D eigenvalue weighted by Gasteiger charge is -2.29. The Bertz CT molecular complexity index is 1200. The van der Waals surface area contributed by atoms with Crippen LogP contribution < -0.4 is 4.90 Å². The molecule has 3 aromatic rings. The van der Waals surface area contributed by atoms with Crippen molar-refractivity contribution in [2.24, 2.45) is 13.0 Å². The average Bonchev–Trinajstić information content (AvgIpc) is 3.21. The van der Waals surface area contributed by atoms with Crippen molar-refractivity contribution in [1.82, 2.24) is 14.7 Å². The van der Waals surface area contributed by atoms with Crippen LogP contribution in [0.25, 0.3) is 11.1 Å². The van der Waals surface area contributed by atoms with Crippen molar-refractivity contribution in [1.29, 1.82) is 0 Å². The van der Waals surface area contributed by atoms with Gasteiger partial charge in [0.15, 0.2) is 0 Å². The highest BCUT2D eigenvalue weighted by Gasteiger charge is 2.46. The number of carbonyl (C=O) groups is 1. The lowest BCUT2D eigenvalue weighted by molar-refractivity contribution is -0.120. The minimum absolute atomic E-state index is 0.111. The monoisotopic (exact) mass is 444 g/mol. The van der Waals surface area contributed by atoms with E-state index in [4.69, 9.17) is 0 Å². The highest BCUT2D eigenvalue weighted by molar-refractivity contribution is 6.05. The predicted molar refractivity (Wildman–Crippen MR) is 126 cm³/mol. The van der Waals surface area contributed by atoms with Crippen LogP contribution in [0, 0.1) is 11.7 Å². The fourth-order valence-electron chi connectivity index (χ4n) is 5.63. The normalized spacial score (nSPS) is 22.8. The van der Waals surface area contributed by atoms with Crippen LogP contribution in [0.5, 0.6) is 0 Å². The molecule has 6 heteroatoms. The van der Waals surface area contributed by atoms with E-state index in [9.17, 15) is 4.79 Å². The molecule has 1 saturated carbocycles. The topological polar surface area (TPSA) is 41.4 Å². The van der Waals surface area contributed by atoms with Crippen molar-refractivity contribution >= 4 is 11.6 Å². The van der Waals surface area contributed by atoms with Gasteiger partial charge in [0.25, 0.3) is 0 Å². The number of para-hydroxylation sites is 1. The molecule has 1 saturated heterocycles. The highest BCUT2D eigenvalue weighted by atomic mass is 19.1. The third-order valence-corrected chi connectivity index (χ3v) is 7.50. The molecule has 2 fully saturated rings. The molecule has 0 bridgehead atoms. The standard InChI is InChI=1S/C27H29FN4O/c1-30-16-21(14-29-30)19-10-11-20(23(28)13-19)17-32-24-6-3-2-5-22(24)26(27(32)33)25-7-4-12-31(25)15-18-8-9-18/h2-3,5-6,10-11,13-14,16,18,25-26H,4,7-9,12,15,17H2,1H3. The first kappa shape index (κ1) is 20.6. The molecular formula is C27H29FN4O. The Hall–Kier alpha value is -2.99. The van der Waals surface area contributed by atoms with Gasteiger partial charge in [-0.2, -0.15) is 5.10 Å². The van der Waals surface area contributed by atoms with Gasteiger partial charge in [-0.25, -0.2) is 4.39 Å². The number of nitrogens with zero attached hydrogens (tertiary/aromatic N) is 4. The van der Waals surface area contributed by atoms with Gasteiger partial charge in [0, 0.05) is 42.6 Å². The van der Waals surface area contributed by atoms with E-state index in [0.717, 1.165) is 54.2 Å². The summed E-state index contributed by atoms with van der Waals surface area (Å²) < 4.78 is 16.8. The molecule has 2 atom stereocenters. The Labute approximate surface area is 193 Å². The Morgan fingerprint density at radius 2 is 1.94 bits per heavy atom. The van der Waals surface area contributed by atoms with Crippen LogP contribution in [0.1, 0.15) is 42.7 Å². The minimum atomic E-state index is -0.290. The molecule has 1 aromatic heterocycles. The molecule has 2 aromatic carbocycles. The van der Waals surface area contributed by atoms with Crippen molar-refractivity contribution in [3.05, 3.63) is 71.8 Å². The SMILES string of the molecule is Cn1cc(-c2ccc(CN3C(=O)C(C4CCCN4CC4CC4)c4ccccc43)c(F)c2)cn1. The molecule has 1 amide bonds. The maximum Gasteiger partial charge on any atom is 0.236 e. The number of hydrogen-bond donors (Lipinski definition) is 0. The summed E-state index contributed by atoms with van der Waals surface area (Å²) >= 11 is 0. The predicted octanol–water partition coefficient (Wildman–Crippen LogP) is 4.73. The molecule has 170 valence electrons. The third-order valence-electron chi connectivity index (χ3n) is 7.50. The van der Waals surface area contributed by atoms with Crippen molar-refractivity contribution in [2.45, 2.75) is 44.2 Å². The fourth-order valence-corrected chi connectivity index (χ4v) is 5.63. The lowest BCUT2D eigenvalue weighted by atomic mass is 9.91. The van der Waals surface area contributed by atoms with Crippen molar-refractivity contribution in [3.63, 3.8) is 0 Å². The summed E-state index contributed by atoms with van der Waals surface area (Å²) in [6.45, 7) is 2.44. The maximum atomic E-state index is 15.1. The average molecular weight is 445 g/mol. The summed E-state index contributed by atoms with van der Waals surface area (Å²) in [4.78, 5) is 18.1. The van der Waals surface area contributed by atoms with E-state index in [2.05, 4.69) is 16.1 Å². The number of likely N-dealkylation sites (tertiary alicyclic amines) is 1. The molecule has 2 unspecified atom stereocenters. The van der Waals surface area contributed by atoms with E-state index in [-0.39, 0.29) is 30.2 Å². The van der Waals surface area contributed by atoms with E-state index in [0.29, 0.717) is 5.56 Å². The second kappa shape index (κ2) is 8.10. The third kappa shape index (κ3) is 3.76. The molecule has 1 aliphatic carbocycles. The molecule has 2 aliphatic heterocycles. The Balaban J connectivity index is 1.28. The summed E-state index contributed by atoms with van der Waals surface area (Å²) in [5.74, 6) is 0.474. The van der Waals surface area contributed by atoms with Gasteiger partial charge in [-0.3, -0.25) is 14.4 Å². The molecule has 6 rings (SSSR count). The number of halogens is 1. The maximum absolute atomic E-state index is 15.1. The number of amides is 1. The zero-order valence-corrected chi connectivity index (χ0v) is 19.0. The highest BCUT2D eigenvalue weighted by Crippen LogP contribution is 2.45. The molecule has 5 nitrogen and oxygen atoms in total. The van der Waals surface area contributed by atoms with Gasteiger partial charge in [0.05, 0.1) is 18.7 Å². The van der Waals surface area contributed by atoms with Gasteiger partial charge in [0.1, 0.15) is 5.82 Å². The number of carbonyl (C=O) groups excluding carboxylic acids is 1. The van der Waals surface area contributed by atoms with Crippen LogP contribution in [0.15, 0.2) is 54.9 Å². The van der Waals surface area contributed by atoms with Crippen LogP contribution >= 0.6 is 0 Å². The number of rotatable bonds is 6. The van der Waals surface area contributed by atoms with E-state index in [1.807, 2.05) is 37.5 Å². The van der Waals surface area contributed by atoms with Gasteiger partial charge in [0.2, 0.25) is 5.91 Å². The molecule has 0 N–H and O–H groups in total. The first-order valence-electron chi connectivity index (χ1n) is 12.0. The van der Waals surface area contributed by atoms with Gasteiger partial charge in [-0.05, 0) is 61.4 Å². The van der Waals surface area contributed by atoms with E-state index < -0.39 is 0 Å². The molecule has 3 aliphatic rings. The number of fused-ring (bicyclic) bond motifs is 1. The molecule has 0 spiro atoms. The van der Waals surface area contributed by atoms with Crippen molar-refractivity contribution < 1.29 is 9.18 Å². The van der Waals surface area contributed by atoms with Gasteiger partial charge < -0.3 is 4.90 Å². The summed E-state index contributed by atoms with van der Waals surface area (Å²) in [6, 6.07) is 13.6. The molecule has 33 heavy (non-hydrogen) atoms. The second-order valence-electron chi connectivity index (χ2n) is 9.82.